The molecule has 1 aromatic rings. The summed E-state index contributed by atoms with van der Waals surface area (Å²) < 4.78 is 0. The zero-order valence-electron chi connectivity index (χ0n) is 9.94. The second kappa shape index (κ2) is 8.42. The first kappa shape index (κ1) is 14.1. The number of allylic oxidation sites excluding steroid dienone is 4. The molecule has 0 heterocycles. The molecule has 0 fully saturated rings. The maximum absolute atomic E-state index is 10.4. The van der Waals surface area contributed by atoms with Crippen LogP contribution >= 0.6 is 0 Å². The lowest BCUT2D eigenvalue weighted by Gasteiger charge is -2.00. The van der Waals surface area contributed by atoms with Crippen molar-refractivity contribution in [1.29, 1.82) is 0 Å². The zero-order valence-corrected chi connectivity index (χ0v) is 9.94. The van der Waals surface area contributed by atoms with E-state index < -0.39 is 0 Å². The highest BCUT2D eigenvalue weighted by molar-refractivity contribution is 5.79. The summed E-state index contributed by atoms with van der Waals surface area (Å²) in [5, 5.41) is 0. The van der Waals surface area contributed by atoms with Crippen LogP contribution in [0.3, 0.4) is 0 Å². The molecule has 16 heavy (non-hydrogen) atoms. The van der Waals surface area contributed by atoms with Crippen LogP contribution in [0.15, 0.2) is 55.7 Å². The Kier molecular flexibility index (Phi) is 7.43. The van der Waals surface area contributed by atoms with Crippen molar-refractivity contribution < 1.29 is 4.79 Å². The molecule has 0 amide bonds. The van der Waals surface area contributed by atoms with Crippen molar-refractivity contribution in [2.45, 2.75) is 13.8 Å². The van der Waals surface area contributed by atoms with Crippen molar-refractivity contribution >= 4 is 11.9 Å². The number of carbonyl (C=O) groups is 1. The van der Waals surface area contributed by atoms with E-state index in [0.29, 0.717) is 5.56 Å². The van der Waals surface area contributed by atoms with Crippen LogP contribution in [0.5, 0.6) is 0 Å². The lowest BCUT2D eigenvalue weighted by atomic mass is 10.0. The fraction of sp³-hybridized carbons (Fsp3) is 0.133. The largest absolute Gasteiger partial charge is 0.298 e. The Morgan fingerprint density at radius 2 is 1.69 bits per heavy atom. The van der Waals surface area contributed by atoms with Gasteiger partial charge in [-0.2, -0.15) is 0 Å². The summed E-state index contributed by atoms with van der Waals surface area (Å²) in [7, 11) is 0. The van der Waals surface area contributed by atoms with Crippen LogP contribution < -0.4 is 0 Å². The van der Waals surface area contributed by atoms with Gasteiger partial charge in [0.1, 0.15) is 6.29 Å². The van der Waals surface area contributed by atoms with Crippen molar-refractivity contribution in [2.75, 3.05) is 0 Å². The molecular weight excluding hydrogens is 196 g/mol. The predicted molar refractivity (Wildman–Crippen MR) is 71.5 cm³/mol. The smallest absolute Gasteiger partial charge is 0.150 e. The Labute approximate surface area is 97.8 Å². The van der Waals surface area contributed by atoms with Gasteiger partial charge in [0.05, 0.1) is 0 Å². The first-order chi connectivity index (χ1) is 7.81. The Hall–Kier alpha value is -1.89. The van der Waals surface area contributed by atoms with Crippen molar-refractivity contribution in [3.8, 4) is 0 Å². The molecule has 0 unspecified atom stereocenters. The molecule has 0 bridgehead atoms. The van der Waals surface area contributed by atoms with E-state index in [2.05, 4.69) is 13.2 Å². The molecular formula is C15H18O. The minimum absolute atomic E-state index is 0.677. The van der Waals surface area contributed by atoms with E-state index in [-0.39, 0.29) is 0 Å². The summed E-state index contributed by atoms with van der Waals surface area (Å²) in [5.41, 5.74) is 2.71. The quantitative estimate of drug-likeness (QED) is 0.540. The van der Waals surface area contributed by atoms with Crippen LogP contribution in [0.1, 0.15) is 29.8 Å². The van der Waals surface area contributed by atoms with Gasteiger partial charge in [0.2, 0.25) is 0 Å². The molecule has 0 aromatic heterocycles. The van der Waals surface area contributed by atoms with E-state index in [1.165, 1.54) is 0 Å². The van der Waals surface area contributed by atoms with Crippen LogP contribution in [0.2, 0.25) is 0 Å². The Morgan fingerprint density at radius 3 is 2.06 bits per heavy atom. The van der Waals surface area contributed by atoms with E-state index in [9.17, 15) is 4.79 Å². The second-order valence-electron chi connectivity index (χ2n) is 2.80. The summed E-state index contributed by atoms with van der Waals surface area (Å²) in [6.07, 6.45) is 6.18. The summed E-state index contributed by atoms with van der Waals surface area (Å²) in [6, 6.07) is 7.34. The maximum Gasteiger partial charge on any atom is 0.150 e. The Bertz CT molecular complexity index is 369. The highest BCUT2D eigenvalue weighted by Gasteiger charge is 1.95. The highest BCUT2D eigenvalue weighted by atomic mass is 16.1. The highest BCUT2D eigenvalue weighted by Crippen LogP contribution is 2.15. The molecule has 0 saturated carbocycles. The zero-order chi connectivity index (χ0) is 12.4. The first-order valence-corrected chi connectivity index (χ1v) is 5.32. The third-order valence-corrected chi connectivity index (χ3v) is 1.90. The van der Waals surface area contributed by atoms with Gasteiger partial charge in [-0.25, -0.2) is 0 Å². The van der Waals surface area contributed by atoms with E-state index >= 15 is 0 Å². The van der Waals surface area contributed by atoms with Gasteiger partial charge in [0.25, 0.3) is 0 Å². The van der Waals surface area contributed by atoms with Crippen molar-refractivity contribution in [1.82, 2.24) is 0 Å². The van der Waals surface area contributed by atoms with Crippen molar-refractivity contribution in [3.05, 3.63) is 66.8 Å². The Morgan fingerprint density at radius 1 is 1.12 bits per heavy atom. The molecule has 1 heteroatoms. The van der Waals surface area contributed by atoms with Gasteiger partial charge in [0.15, 0.2) is 0 Å². The Balaban J connectivity index is 0.00000106. The van der Waals surface area contributed by atoms with Crippen LogP contribution in [-0.2, 0) is 0 Å². The average molecular weight is 214 g/mol. The average Bonchev–Trinajstić information content (AvgIpc) is 2.38. The molecule has 1 rings (SSSR count). The van der Waals surface area contributed by atoms with E-state index in [4.69, 9.17) is 0 Å². The van der Waals surface area contributed by atoms with E-state index in [1.807, 2.05) is 32.1 Å². The summed E-state index contributed by atoms with van der Waals surface area (Å²) in [5.74, 6) is 0. The van der Waals surface area contributed by atoms with Gasteiger partial charge in [-0.05, 0) is 11.1 Å². The SMILES string of the molecule is C=C/C=C(\C=C)c1ccc(C=O)cc1.CC. The molecule has 0 saturated heterocycles. The number of carbonyl (C=O) groups excluding carboxylic acids is 1. The minimum Gasteiger partial charge on any atom is -0.298 e. The molecule has 0 N–H and O–H groups in total. The molecule has 0 atom stereocenters. The third-order valence-electron chi connectivity index (χ3n) is 1.90. The van der Waals surface area contributed by atoms with Gasteiger partial charge in [-0.3, -0.25) is 4.79 Å². The molecule has 0 radical (unpaired) electrons. The van der Waals surface area contributed by atoms with Crippen molar-refractivity contribution in [3.63, 3.8) is 0 Å². The van der Waals surface area contributed by atoms with Crippen LogP contribution in [0.4, 0.5) is 0 Å². The van der Waals surface area contributed by atoms with E-state index in [1.54, 1.807) is 24.3 Å². The topological polar surface area (TPSA) is 17.1 Å². The van der Waals surface area contributed by atoms with E-state index in [0.717, 1.165) is 17.4 Å². The van der Waals surface area contributed by atoms with Gasteiger partial charge in [0, 0.05) is 5.56 Å². The number of rotatable bonds is 4. The minimum atomic E-state index is 0.677. The van der Waals surface area contributed by atoms with Gasteiger partial charge in [-0.15, -0.1) is 0 Å². The molecule has 0 aliphatic carbocycles. The maximum atomic E-state index is 10.4. The fourth-order valence-electron chi connectivity index (χ4n) is 1.16. The fourth-order valence-corrected chi connectivity index (χ4v) is 1.16. The molecule has 0 aliphatic heterocycles. The second-order valence-corrected chi connectivity index (χ2v) is 2.80. The monoisotopic (exact) mass is 214 g/mol. The number of hydrogen-bond acceptors (Lipinski definition) is 1. The lowest BCUT2D eigenvalue weighted by Crippen LogP contribution is -1.83. The van der Waals surface area contributed by atoms with Crippen LogP contribution in [-0.4, -0.2) is 6.29 Å². The number of hydrogen-bond donors (Lipinski definition) is 0. The molecule has 84 valence electrons. The first-order valence-electron chi connectivity index (χ1n) is 5.32. The van der Waals surface area contributed by atoms with Crippen molar-refractivity contribution in [2.24, 2.45) is 0 Å². The number of aldehydes is 1. The third kappa shape index (κ3) is 4.09. The standard InChI is InChI=1S/C13H12O.C2H6/c1-3-5-12(4-2)13-8-6-11(10-14)7-9-13;1-2/h3-10H,1-2H2;1-2H3/b12-5+;. The lowest BCUT2D eigenvalue weighted by molar-refractivity contribution is 0.112. The van der Waals surface area contributed by atoms with Gasteiger partial charge >= 0.3 is 0 Å². The number of benzene rings is 1. The molecule has 0 spiro atoms. The molecule has 1 nitrogen and oxygen atoms in total. The van der Waals surface area contributed by atoms with Gasteiger partial charge < -0.3 is 0 Å². The van der Waals surface area contributed by atoms with Crippen LogP contribution in [0, 0.1) is 0 Å². The van der Waals surface area contributed by atoms with Crippen LogP contribution in [0.25, 0.3) is 5.57 Å². The summed E-state index contributed by atoms with van der Waals surface area (Å²) in [4.78, 5) is 10.4. The summed E-state index contributed by atoms with van der Waals surface area (Å²) >= 11 is 0. The van der Waals surface area contributed by atoms with Gasteiger partial charge in [-0.1, -0.05) is 69.5 Å². The summed E-state index contributed by atoms with van der Waals surface area (Å²) in [6.45, 7) is 11.3. The molecule has 0 aliphatic rings. The predicted octanol–water partition coefficient (Wildman–Crippen LogP) is 4.28. The normalized spacial score (nSPS) is 9.75. The molecule has 1 aromatic carbocycles.